The molecule has 1 heterocycles. The first-order valence-electron chi connectivity index (χ1n) is 8.71. The van der Waals surface area contributed by atoms with Crippen molar-refractivity contribution in [2.45, 2.75) is 43.9 Å². The lowest BCUT2D eigenvalue weighted by molar-refractivity contribution is 0.0499. The predicted molar refractivity (Wildman–Crippen MR) is 96.0 cm³/mol. The maximum atomic E-state index is 12.8. The van der Waals surface area contributed by atoms with Crippen LogP contribution in [0.1, 0.15) is 47.7 Å². The van der Waals surface area contributed by atoms with Gasteiger partial charge in [0.1, 0.15) is 0 Å². The highest BCUT2D eigenvalue weighted by molar-refractivity contribution is 6.00. The van der Waals surface area contributed by atoms with Crippen molar-refractivity contribution >= 4 is 5.78 Å². The molecule has 1 N–H and O–H groups in total. The fourth-order valence-corrected chi connectivity index (χ4v) is 3.67. The van der Waals surface area contributed by atoms with Gasteiger partial charge < -0.3 is 5.11 Å². The van der Waals surface area contributed by atoms with Crippen LogP contribution in [0.3, 0.4) is 0 Å². The molecule has 3 atom stereocenters. The SMILES string of the molecule is CN1[C@@H](C[C@@H](O)c2ccccc2)CCC[C@@H]1C(=O)c1ccccc1. The highest BCUT2D eigenvalue weighted by atomic mass is 16.3. The summed E-state index contributed by atoms with van der Waals surface area (Å²) in [5, 5.41) is 10.5. The number of rotatable bonds is 5. The van der Waals surface area contributed by atoms with E-state index in [1.807, 2.05) is 67.7 Å². The molecule has 3 heteroatoms. The van der Waals surface area contributed by atoms with Gasteiger partial charge in [-0.15, -0.1) is 0 Å². The van der Waals surface area contributed by atoms with E-state index in [0.717, 1.165) is 30.4 Å². The molecule has 0 aromatic heterocycles. The van der Waals surface area contributed by atoms with Crippen molar-refractivity contribution in [1.29, 1.82) is 0 Å². The molecule has 0 saturated carbocycles. The Hall–Kier alpha value is -1.97. The topological polar surface area (TPSA) is 40.5 Å². The van der Waals surface area contributed by atoms with Crippen LogP contribution in [-0.2, 0) is 0 Å². The van der Waals surface area contributed by atoms with Crippen LogP contribution >= 0.6 is 0 Å². The number of benzene rings is 2. The van der Waals surface area contributed by atoms with Gasteiger partial charge in [-0.3, -0.25) is 9.69 Å². The molecule has 2 aromatic rings. The zero-order valence-electron chi connectivity index (χ0n) is 14.1. The quantitative estimate of drug-likeness (QED) is 0.850. The van der Waals surface area contributed by atoms with Gasteiger partial charge in [-0.05, 0) is 38.3 Å². The Morgan fingerprint density at radius 1 is 1.08 bits per heavy atom. The van der Waals surface area contributed by atoms with Gasteiger partial charge in [-0.2, -0.15) is 0 Å². The Labute approximate surface area is 143 Å². The lowest BCUT2D eigenvalue weighted by Crippen LogP contribution is -2.48. The normalized spacial score (nSPS) is 22.9. The van der Waals surface area contributed by atoms with Crippen LogP contribution in [0.15, 0.2) is 60.7 Å². The van der Waals surface area contributed by atoms with E-state index in [9.17, 15) is 9.90 Å². The number of piperidine rings is 1. The van der Waals surface area contributed by atoms with Crippen molar-refractivity contribution in [1.82, 2.24) is 4.90 Å². The van der Waals surface area contributed by atoms with Gasteiger partial charge in [0, 0.05) is 11.6 Å². The third-order valence-corrected chi connectivity index (χ3v) is 5.12. The summed E-state index contributed by atoms with van der Waals surface area (Å²) in [6.07, 6.45) is 3.13. The summed E-state index contributed by atoms with van der Waals surface area (Å²) >= 11 is 0. The van der Waals surface area contributed by atoms with Crippen LogP contribution in [0.2, 0.25) is 0 Å². The Balaban J connectivity index is 1.69. The van der Waals surface area contributed by atoms with E-state index in [0.29, 0.717) is 6.42 Å². The molecule has 0 bridgehead atoms. The van der Waals surface area contributed by atoms with Crippen molar-refractivity contribution in [3.8, 4) is 0 Å². The van der Waals surface area contributed by atoms with Gasteiger partial charge in [0.2, 0.25) is 0 Å². The van der Waals surface area contributed by atoms with Gasteiger partial charge in [-0.1, -0.05) is 60.7 Å². The molecule has 0 aliphatic carbocycles. The van der Waals surface area contributed by atoms with Crippen LogP contribution in [0.25, 0.3) is 0 Å². The van der Waals surface area contributed by atoms with Gasteiger partial charge in [0.25, 0.3) is 0 Å². The number of nitrogens with zero attached hydrogens (tertiary/aromatic N) is 1. The minimum absolute atomic E-state index is 0.0888. The van der Waals surface area contributed by atoms with Gasteiger partial charge in [-0.25, -0.2) is 0 Å². The zero-order chi connectivity index (χ0) is 16.9. The molecule has 1 aliphatic heterocycles. The zero-order valence-corrected chi connectivity index (χ0v) is 14.1. The molecule has 3 rings (SSSR count). The van der Waals surface area contributed by atoms with Crippen molar-refractivity contribution in [2.24, 2.45) is 0 Å². The standard InChI is InChI=1S/C21H25NO2/c1-22-18(15-20(23)16-9-4-2-5-10-16)13-8-14-19(22)21(24)17-11-6-3-7-12-17/h2-7,9-12,18-20,23H,8,13-15H2,1H3/t18-,19-,20-/m1/s1. The molecule has 1 fully saturated rings. The molecule has 3 nitrogen and oxygen atoms in total. The van der Waals surface area contributed by atoms with Crippen LogP contribution in [0.5, 0.6) is 0 Å². The van der Waals surface area contributed by atoms with Crippen molar-refractivity contribution < 1.29 is 9.90 Å². The average Bonchev–Trinajstić information content (AvgIpc) is 2.64. The number of hydrogen-bond donors (Lipinski definition) is 1. The van der Waals surface area contributed by atoms with E-state index in [-0.39, 0.29) is 17.9 Å². The number of carbonyl (C=O) groups excluding carboxylic acids is 1. The lowest BCUT2D eigenvalue weighted by Gasteiger charge is -2.39. The maximum absolute atomic E-state index is 12.8. The largest absolute Gasteiger partial charge is 0.388 e. The molecule has 0 amide bonds. The van der Waals surface area contributed by atoms with E-state index >= 15 is 0 Å². The smallest absolute Gasteiger partial charge is 0.179 e. The number of ketones is 1. The Kier molecular flexibility index (Phi) is 5.44. The highest BCUT2D eigenvalue weighted by Crippen LogP contribution is 2.30. The minimum atomic E-state index is -0.482. The lowest BCUT2D eigenvalue weighted by atomic mass is 9.88. The first kappa shape index (κ1) is 16.9. The summed E-state index contributed by atoms with van der Waals surface area (Å²) in [5.74, 6) is 0.192. The van der Waals surface area contributed by atoms with Crippen molar-refractivity contribution in [3.63, 3.8) is 0 Å². The van der Waals surface area contributed by atoms with Gasteiger partial charge in [0.15, 0.2) is 5.78 Å². The third-order valence-electron chi connectivity index (χ3n) is 5.12. The number of Topliss-reactive ketones (excluding diaryl/α,β-unsaturated/α-hetero) is 1. The van der Waals surface area contributed by atoms with Crippen molar-refractivity contribution in [3.05, 3.63) is 71.8 Å². The molecule has 0 unspecified atom stereocenters. The first-order valence-corrected chi connectivity index (χ1v) is 8.71. The minimum Gasteiger partial charge on any atom is -0.388 e. The third kappa shape index (κ3) is 3.74. The molecule has 0 radical (unpaired) electrons. The average molecular weight is 323 g/mol. The van der Waals surface area contributed by atoms with Gasteiger partial charge in [0.05, 0.1) is 12.1 Å². The van der Waals surface area contributed by atoms with E-state index in [2.05, 4.69) is 4.90 Å². The Morgan fingerprint density at radius 2 is 1.71 bits per heavy atom. The van der Waals surface area contributed by atoms with Gasteiger partial charge >= 0.3 is 0 Å². The second-order valence-corrected chi connectivity index (χ2v) is 6.66. The fourth-order valence-electron chi connectivity index (χ4n) is 3.67. The number of likely N-dealkylation sites (N-methyl/N-ethyl adjacent to an activating group) is 1. The first-order chi connectivity index (χ1) is 11.7. The molecular weight excluding hydrogens is 298 g/mol. The summed E-state index contributed by atoms with van der Waals surface area (Å²) in [6, 6.07) is 19.4. The molecule has 24 heavy (non-hydrogen) atoms. The fraction of sp³-hybridized carbons (Fsp3) is 0.381. The summed E-state index contributed by atoms with van der Waals surface area (Å²) in [5.41, 5.74) is 1.72. The van der Waals surface area contributed by atoms with E-state index < -0.39 is 6.10 Å². The monoisotopic (exact) mass is 323 g/mol. The number of aliphatic hydroxyl groups excluding tert-OH is 1. The molecule has 1 aliphatic rings. The maximum Gasteiger partial charge on any atom is 0.179 e. The van der Waals surface area contributed by atoms with Crippen LogP contribution in [0, 0.1) is 0 Å². The predicted octanol–water partition coefficient (Wildman–Crippen LogP) is 3.85. The highest BCUT2D eigenvalue weighted by Gasteiger charge is 2.33. The molecule has 0 spiro atoms. The summed E-state index contributed by atoms with van der Waals surface area (Å²) in [4.78, 5) is 15.0. The van der Waals surface area contributed by atoms with E-state index in [1.165, 1.54) is 0 Å². The van der Waals surface area contributed by atoms with Crippen LogP contribution < -0.4 is 0 Å². The van der Waals surface area contributed by atoms with E-state index in [1.54, 1.807) is 0 Å². The number of carbonyl (C=O) groups is 1. The number of aliphatic hydroxyl groups is 1. The number of likely N-dealkylation sites (tertiary alicyclic amines) is 1. The second kappa shape index (κ2) is 7.73. The molecule has 2 aromatic carbocycles. The Morgan fingerprint density at radius 3 is 2.38 bits per heavy atom. The number of hydrogen-bond acceptors (Lipinski definition) is 3. The Bertz CT molecular complexity index is 656. The van der Waals surface area contributed by atoms with Crippen LogP contribution in [-0.4, -0.2) is 34.9 Å². The second-order valence-electron chi connectivity index (χ2n) is 6.66. The summed E-state index contributed by atoms with van der Waals surface area (Å²) in [7, 11) is 2.02. The van der Waals surface area contributed by atoms with Crippen molar-refractivity contribution in [2.75, 3.05) is 7.05 Å². The van der Waals surface area contributed by atoms with Crippen LogP contribution in [0.4, 0.5) is 0 Å². The molecule has 1 saturated heterocycles. The van der Waals surface area contributed by atoms with E-state index in [4.69, 9.17) is 0 Å². The molecular formula is C21H25NO2. The summed E-state index contributed by atoms with van der Waals surface area (Å²) < 4.78 is 0. The molecule has 126 valence electrons. The summed E-state index contributed by atoms with van der Waals surface area (Å²) in [6.45, 7) is 0.